The first-order valence-corrected chi connectivity index (χ1v) is 11.2. The molecule has 2 aromatic heterocycles. The number of rotatable bonds is 8. The third-order valence-corrected chi connectivity index (χ3v) is 5.54. The van der Waals surface area contributed by atoms with Crippen molar-refractivity contribution in [2.45, 2.75) is 32.3 Å². The number of aromatic nitrogens is 3. The highest BCUT2D eigenvalue weighted by molar-refractivity contribution is 7.98. The van der Waals surface area contributed by atoms with E-state index in [0.717, 1.165) is 29.2 Å². The van der Waals surface area contributed by atoms with E-state index in [2.05, 4.69) is 26.5 Å². The van der Waals surface area contributed by atoms with Gasteiger partial charge in [-0.15, -0.1) is 0 Å². The van der Waals surface area contributed by atoms with Gasteiger partial charge in [0.25, 0.3) is 5.88 Å². The molecule has 0 aliphatic carbocycles. The van der Waals surface area contributed by atoms with Crippen LogP contribution in [0.1, 0.15) is 24.2 Å². The summed E-state index contributed by atoms with van der Waals surface area (Å²) in [7, 11) is 1.54. The van der Waals surface area contributed by atoms with Crippen LogP contribution >= 0.6 is 11.8 Å². The zero-order valence-electron chi connectivity index (χ0n) is 17.4. The fraction of sp³-hybridized carbons (Fsp3) is 0.500. The van der Waals surface area contributed by atoms with Gasteiger partial charge in [0.2, 0.25) is 5.75 Å². The number of pyridine rings is 1. The molecule has 2 N–H and O–H groups in total. The number of methoxy groups -OCH3 is 1. The number of likely N-dealkylation sites (tertiary alicyclic amines) is 1. The lowest BCUT2D eigenvalue weighted by Crippen LogP contribution is -2.41. The number of carbonyl (C=O) groups is 1. The summed E-state index contributed by atoms with van der Waals surface area (Å²) >= 11 is 1.80. The lowest BCUT2D eigenvalue weighted by atomic mass is 10.1. The van der Waals surface area contributed by atoms with E-state index in [1.165, 1.54) is 11.2 Å². The molecule has 1 aliphatic heterocycles. The molecule has 0 atom stereocenters. The summed E-state index contributed by atoms with van der Waals surface area (Å²) in [6.45, 7) is 2.82. The molecule has 0 radical (unpaired) electrons. The molecule has 2 aromatic rings. The van der Waals surface area contributed by atoms with E-state index < -0.39 is 6.09 Å². The lowest BCUT2D eigenvalue weighted by molar-refractivity contribution is 0.0852. The summed E-state index contributed by atoms with van der Waals surface area (Å²) in [6.07, 6.45) is 4.60. The highest BCUT2D eigenvalue weighted by atomic mass is 32.2. The topological polar surface area (TPSA) is 110 Å². The monoisotopic (exact) mass is 433 g/mol. The maximum absolute atomic E-state index is 11.1. The molecule has 9 nitrogen and oxygen atoms in total. The second-order valence-electron chi connectivity index (χ2n) is 6.95. The number of anilines is 2. The van der Waals surface area contributed by atoms with Gasteiger partial charge in [-0.1, -0.05) is 0 Å². The average Bonchev–Trinajstić information content (AvgIpc) is 2.74. The molecule has 3 rings (SSSR count). The van der Waals surface area contributed by atoms with Crippen LogP contribution in [0.4, 0.5) is 16.3 Å². The Hall–Kier alpha value is -2.75. The van der Waals surface area contributed by atoms with Crippen LogP contribution in [0.15, 0.2) is 18.5 Å². The maximum Gasteiger partial charge on any atom is 0.407 e. The molecule has 30 heavy (non-hydrogen) atoms. The first kappa shape index (κ1) is 21.9. The van der Waals surface area contributed by atoms with Gasteiger partial charge in [-0.2, -0.15) is 16.7 Å². The Balaban J connectivity index is 1.72. The smallest absolute Gasteiger partial charge is 0.407 e. The van der Waals surface area contributed by atoms with Gasteiger partial charge in [-0.25, -0.2) is 9.78 Å². The summed E-state index contributed by atoms with van der Waals surface area (Å²) in [5.74, 6) is 2.27. The third kappa shape index (κ3) is 5.44. The normalized spacial score (nSPS) is 14.4. The second kappa shape index (κ2) is 10.3. The molecular weight excluding hydrogens is 406 g/mol. The van der Waals surface area contributed by atoms with Gasteiger partial charge in [0.05, 0.1) is 18.5 Å². The Labute approximate surface area is 180 Å². The predicted octanol–water partition coefficient (Wildman–Crippen LogP) is 3.36. The second-order valence-corrected chi connectivity index (χ2v) is 7.94. The molecule has 0 saturated carbocycles. The minimum atomic E-state index is -0.900. The van der Waals surface area contributed by atoms with Gasteiger partial charge in [-0.05, 0) is 37.5 Å². The van der Waals surface area contributed by atoms with E-state index in [1.807, 2.05) is 19.1 Å². The first-order chi connectivity index (χ1) is 14.5. The molecule has 3 heterocycles. The minimum Gasteiger partial charge on any atom is -0.489 e. The molecule has 0 spiro atoms. The third-order valence-electron chi connectivity index (χ3n) is 4.92. The van der Waals surface area contributed by atoms with Gasteiger partial charge in [0, 0.05) is 31.6 Å². The standard InChI is InChI=1S/C20H27N5O4S/c1-13-16(5-4-14(23-13)8-11-30-3)24-18-17(28-2)19(22-12-21-18)29-15-6-9-25(10-7-15)20(26)27/h4-5,12,15H,6-11H2,1-3H3,(H,26,27)(H,21,22,24). The molecule has 0 aromatic carbocycles. The van der Waals surface area contributed by atoms with Crippen LogP contribution in [0, 0.1) is 6.92 Å². The highest BCUT2D eigenvalue weighted by Crippen LogP contribution is 2.35. The minimum absolute atomic E-state index is 0.128. The van der Waals surface area contributed by atoms with Crippen LogP contribution in [0.2, 0.25) is 0 Å². The van der Waals surface area contributed by atoms with Crippen LogP contribution in [-0.4, -0.2) is 69.4 Å². The summed E-state index contributed by atoms with van der Waals surface area (Å²) in [6, 6.07) is 3.99. The van der Waals surface area contributed by atoms with Crippen LogP contribution in [0.5, 0.6) is 11.6 Å². The van der Waals surface area contributed by atoms with Crippen LogP contribution in [-0.2, 0) is 6.42 Å². The molecule has 1 amide bonds. The Morgan fingerprint density at radius 2 is 2.10 bits per heavy atom. The van der Waals surface area contributed by atoms with E-state index in [-0.39, 0.29) is 6.10 Å². The number of ether oxygens (including phenoxy) is 2. The van der Waals surface area contributed by atoms with E-state index in [1.54, 1.807) is 18.9 Å². The van der Waals surface area contributed by atoms with Gasteiger partial charge in [0.15, 0.2) is 5.82 Å². The van der Waals surface area contributed by atoms with Gasteiger partial charge in [-0.3, -0.25) is 4.98 Å². The Bertz CT molecular complexity index is 874. The van der Waals surface area contributed by atoms with Crippen molar-refractivity contribution in [3.63, 3.8) is 0 Å². The van der Waals surface area contributed by atoms with E-state index >= 15 is 0 Å². The number of thioether (sulfide) groups is 1. The largest absolute Gasteiger partial charge is 0.489 e. The number of aryl methyl sites for hydroxylation is 2. The summed E-state index contributed by atoms with van der Waals surface area (Å²) in [4.78, 5) is 25.6. The molecule has 162 valence electrons. The van der Waals surface area contributed by atoms with Crippen molar-refractivity contribution >= 4 is 29.4 Å². The number of hydrogen-bond acceptors (Lipinski definition) is 8. The average molecular weight is 434 g/mol. The zero-order valence-corrected chi connectivity index (χ0v) is 18.2. The molecule has 0 unspecified atom stereocenters. The quantitative estimate of drug-likeness (QED) is 0.647. The van der Waals surface area contributed by atoms with E-state index in [4.69, 9.17) is 14.6 Å². The SMILES string of the molecule is COc1c(Nc2ccc(CCSC)nc2C)ncnc1OC1CCN(C(=O)O)CC1. The fourth-order valence-electron chi connectivity index (χ4n) is 3.26. The van der Waals surface area contributed by atoms with Gasteiger partial charge in [0.1, 0.15) is 12.4 Å². The molecule has 1 aliphatic rings. The molecule has 10 heteroatoms. The molecule has 0 bridgehead atoms. The van der Waals surface area contributed by atoms with Gasteiger partial charge < -0.3 is 24.8 Å². The Morgan fingerprint density at radius 1 is 1.33 bits per heavy atom. The van der Waals surface area contributed by atoms with Crippen LogP contribution in [0.25, 0.3) is 0 Å². The van der Waals surface area contributed by atoms with Crippen molar-refractivity contribution in [1.82, 2.24) is 19.9 Å². The fourth-order valence-corrected chi connectivity index (χ4v) is 3.67. The Kier molecular flexibility index (Phi) is 7.56. The zero-order chi connectivity index (χ0) is 21.5. The van der Waals surface area contributed by atoms with Crippen molar-refractivity contribution < 1.29 is 19.4 Å². The van der Waals surface area contributed by atoms with E-state index in [0.29, 0.717) is 43.4 Å². The Morgan fingerprint density at radius 3 is 2.73 bits per heavy atom. The number of nitrogens with zero attached hydrogens (tertiary/aromatic N) is 4. The van der Waals surface area contributed by atoms with Crippen molar-refractivity contribution in [2.24, 2.45) is 0 Å². The van der Waals surface area contributed by atoms with Crippen LogP contribution in [0.3, 0.4) is 0 Å². The molecule has 1 fully saturated rings. The van der Waals surface area contributed by atoms with Crippen LogP contribution < -0.4 is 14.8 Å². The lowest BCUT2D eigenvalue weighted by Gasteiger charge is -2.30. The number of carboxylic acid groups (broad SMARTS) is 1. The highest BCUT2D eigenvalue weighted by Gasteiger charge is 2.25. The number of nitrogens with one attached hydrogen (secondary N) is 1. The molecule has 1 saturated heterocycles. The predicted molar refractivity (Wildman–Crippen MR) is 116 cm³/mol. The van der Waals surface area contributed by atoms with Crippen molar-refractivity contribution in [3.05, 3.63) is 29.8 Å². The summed E-state index contributed by atoms with van der Waals surface area (Å²) < 4.78 is 11.5. The summed E-state index contributed by atoms with van der Waals surface area (Å²) in [5, 5.41) is 12.3. The van der Waals surface area contributed by atoms with E-state index in [9.17, 15) is 4.79 Å². The first-order valence-electron chi connectivity index (χ1n) is 9.77. The number of piperidine rings is 1. The summed E-state index contributed by atoms with van der Waals surface area (Å²) in [5.41, 5.74) is 2.76. The van der Waals surface area contributed by atoms with Crippen molar-refractivity contribution in [3.8, 4) is 11.6 Å². The van der Waals surface area contributed by atoms with Crippen molar-refractivity contribution in [2.75, 3.05) is 37.5 Å². The van der Waals surface area contributed by atoms with Crippen molar-refractivity contribution in [1.29, 1.82) is 0 Å². The van der Waals surface area contributed by atoms with Gasteiger partial charge >= 0.3 is 6.09 Å². The number of hydrogen-bond donors (Lipinski definition) is 2. The number of amides is 1. The molecular formula is C20H27N5O4S. The maximum atomic E-state index is 11.1.